The summed E-state index contributed by atoms with van der Waals surface area (Å²) in [4.78, 5) is 11.7. The fourth-order valence-electron chi connectivity index (χ4n) is 1.05. The molecule has 1 heterocycles. The number of ketones is 1. The molecule has 0 atom stereocenters. The van der Waals surface area contributed by atoms with Gasteiger partial charge in [0, 0.05) is 5.41 Å². The number of carbonyl (C=O) groups excluding carboxylic acids is 1. The van der Waals surface area contributed by atoms with Crippen molar-refractivity contribution < 1.29 is 9.21 Å². The van der Waals surface area contributed by atoms with Crippen LogP contribution in [-0.4, -0.2) is 5.78 Å². The van der Waals surface area contributed by atoms with E-state index in [9.17, 15) is 4.79 Å². The third-order valence-electron chi connectivity index (χ3n) is 1.97. The van der Waals surface area contributed by atoms with E-state index in [1.165, 1.54) is 0 Å². The van der Waals surface area contributed by atoms with E-state index in [2.05, 4.69) is 0 Å². The van der Waals surface area contributed by atoms with Gasteiger partial charge in [0.15, 0.2) is 5.76 Å². The van der Waals surface area contributed by atoms with Crippen LogP contribution in [0.25, 0.3) is 0 Å². The summed E-state index contributed by atoms with van der Waals surface area (Å²) >= 11 is 0. The molecule has 0 aromatic carbocycles. The van der Waals surface area contributed by atoms with E-state index < -0.39 is 0 Å². The van der Waals surface area contributed by atoms with Crippen molar-refractivity contribution in [2.24, 2.45) is 5.41 Å². The molecule has 0 saturated heterocycles. The summed E-state index contributed by atoms with van der Waals surface area (Å²) in [5, 5.41) is 0. The summed E-state index contributed by atoms with van der Waals surface area (Å²) in [5.41, 5.74) is 0.718. The van der Waals surface area contributed by atoms with E-state index in [0.717, 1.165) is 12.0 Å². The van der Waals surface area contributed by atoms with Crippen molar-refractivity contribution in [3.05, 3.63) is 23.7 Å². The van der Waals surface area contributed by atoms with Crippen LogP contribution in [0.15, 0.2) is 16.7 Å². The van der Waals surface area contributed by atoms with Crippen LogP contribution in [0.2, 0.25) is 0 Å². The molecule has 0 aliphatic carbocycles. The number of hydrogen-bond donors (Lipinski definition) is 0. The van der Waals surface area contributed by atoms with Crippen LogP contribution in [-0.2, 0) is 6.42 Å². The van der Waals surface area contributed by atoms with Gasteiger partial charge in [-0.05, 0) is 18.1 Å². The van der Waals surface area contributed by atoms with Crippen LogP contribution in [0.5, 0.6) is 0 Å². The molecular formula is C11H16O2. The van der Waals surface area contributed by atoms with Gasteiger partial charge in [0.25, 0.3) is 0 Å². The Hall–Kier alpha value is -1.05. The molecule has 0 aliphatic rings. The monoisotopic (exact) mass is 180 g/mol. The lowest BCUT2D eigenvalue weighted by Crippen LogP contribution is -2.19. The van der Waals surface area contributed by atoms with Gasteiger partial charge in [-0.3, -0.25) is 4.79 Å². The van der Waals surface area contributed by atoms with E-state index in [-0.39, 0.29) is 11.2 Å². The van der Waals surface area contributed by atoms with E-state index in [4.69, 9.17) is 4.42 Å². The molecule has 0 bridgehead atoms. The molecule has 0 amide bonds. The zero-order valence-electron chi connectivity index (χ0n) is 8.68. The number of aryl methyl sites for hydroxylation is 1. The van der Waals surface area contributed by atoms with Gasteiger partial charge in [0.1, 0.15) is 0 Å². The maximum absolute atomic E-state index is 11.7. The van der Waals surface area contributed by atoms with Crippen molar-refractivity contribution in [2.75, 3.05) is 0 Å². The largest absolute Gasteiger partial charge is 0.461 e. The third-order valence-corrected chi connectivity index (χ3v) is 1.97. The Balaban J connectivity index is 2.90. The van der Waals surface area contributed by atoms with Crippen molar-refractivity contribution in [2.45, 2.75) is 34.1 Å². The molecule has 0 unspecified atom stereocenters. The smallest absolute Gasteiger partial charge is 0.203 e. The summed E-state index contributed by atoms with van der Waals surface area (Å²) in [6.45, 7) is 7.71. The SMILES string of the molecule is CCc1coc(C(=O)C(C)(C)C)c1. The predicted octanol–water partition coefficient (Wildman–Crippen LogP) is 3.07. The highest BCUT2D eigenvalue weighted by Gasteiger charge is 2.25. The zero-order chi connectivity index (χ0) is 10.1. The van der Waals surface area contributed by atoms with Gasteiger partial charge >= 0.3 is 0 Å². The van der Waals surface area contributed by atoms with E-state index in [1.54, 1.807) is 6.26 Å². The molecule has 0 N–H and O–H groups in total. The molecule has 2 nitrogen and oxygen atoms in total. The van der Waals surface area contributed by atoms with Crippen molar-refractivity contribution in [1.82, 2.24) is 0 Å². The fourth-order valence-corrected chi connectivity index (χ4v) is 1.05. The molecule has 1 rings (SSSR count). The zero-order valence-corrected chi connectivity index (χ0v) is 8.68. The maximum atomic E-state index is 11.7. The molecule has 1 aromatic heterocycles. The van der Waals surface area contributed by atoms with Crippen LogP contribution < -0.4 is 0 Å². The van der Waals surface area contributed by atoms with Crippen LogP contribution in [0.3, 0.4) is 0 Å². The second kappa shape index (κ2) is 3.36. The van der Waals surface area contributed by atoms with E-state index in [0.29, 0.717) is 5.76 Å². The van der Waals surface area contributed by atoms with Crippen LogP contribution in [0.1, 0.15) is 43.8 Å². The highest BCUT2D eigenvalue weighted by Crippen LogP contribution is 2.22. The minimum Gasteiger partial charge on any atom is -0.461 e. The fraction of sp³-hybridized carbons (Fsp3) is 0.545. The Morgan fingerprint density at radius 1 is 1.46 bits per heavy atom. The molecule has 2 heteroatoms. The lowest BCUT2D eigenvalue weighted by Gasteiger charge is -2.13. The number of Topliss-reactive ketones (excluding diaryl/α,β-unsaturated/α-hetero) is 1. The van der Waals surface area contributed by atoms with Gasteiger partial charge in [-0.25, -0.2) is 0 Å². The van der Waals surface area contributed by atoms with Crippen LogP contribution in [0, 0.1) is 5.41 Å². The minimum atomic E-state index is -0.358. The van der Waals surface area contributed by atoms with Crippen molar-refractivity contribution in [3.8, 4) is 0 Å². The Labute approximate surface area is 78.9 Å². The first-order valence-electron chi connectivity index (χ1n) is 4.57. The first-order valence-corrected chi connectivity index (χ1v) is 4.57. The summed E-state index contributed by atoms with van der Waals surface area (Å²) in [7, 11) is 0. The number of carbonyl (C=O) groups is 1. The minimum absolute atomic E-state index is 0.0622. The molecule has 0 saturated carbocycles. The average Bonchev–Trinajstić information content (AvgIpc) is 2.48. The van der Waals surface area contributed by atoms with Gasteiger partial charge in [-0.2, -0.15) is 0 Å². The number of hydrogen-bond acceptors (Lipinski definition) is 2. The second-order valence-corrected chi connectivity index (χ2v) is 4.25. The predicted molar refractivity (Wildman–Crippen MR) is 51.9 cm³/mol. The molecule has 72 valence electrons. The summed E-state index contributed by atoms with van der Waals surface area (Å²) in [6.07, 6.45) is 2.56. The van der Waals surface area contributed by atoms with Crippen LogP contribution >= 0.6 is 0 Å². The number of furan rings is 1. The van der Waals surface area contributed by atoms with Gasteiger partial charge in [0.05, 0.1) is 6.26 Å². The molecule has 13 heavy (non-hydrogen) atoms. The van der Waals surface area contributed by atoms with Crippen LogP contribution in [0.4, 0.5) is 0 Å². The molecule has 0 aliphatic heterocycles. The Morgan fingerprint density at radius 3 is 2.46 bits per heavy atom. The highest BCUT2D eigenvalue weighted by atomic mass is 16.3. The van der Waals surface area contributed by atoms with Gasteiger partial charge < -0.3 is 4.42 Å². The van der Waals surface area contributed by atoms with Crippen molar-refractivity contribution in [1.29, 1.82) is 0 Å². The average molecular weight is 180 g/mol. The van der Waals surface area contributed by atoms with E-state index >= 15 is 0 Å². The number of rotatable bonds is 2. The normalized spacial score (nSPS) is 11.7. The van der Waals surface area contributed by atoms with Gasteiger partial charge in [-0.15, -0.1) is 0 Å². The Morgan fingerprint density at radius 2 is 2.08 bits per heavy atom. The summed E-state index contributed by atoms with van der Waals surface area (Å²) in [5.74, 6) is 0.538. The first-order chi connectivity index (χ1) is 5.95. The quantitative estimate of drug-likeness (QED) is 0.655. The standard InChI is InChI=1S/C11H16O2/c1-5-8-6-9(13-7-8)10(12)11(2,3)4/h6-7H,5H2,1-4H3. The first kappa shape index (κ1) is 10.0. The molecular weight excluding hydrogens is 164 g/mol. The lowest BCUT2D eigenvalue weighted by molar-refractivity contribution is 0.0828. The van der Waals surface area contributed by atoms with Crippen molar-refractivity contribution >= 4 is 5.78 Å². The molecule has 0 radical (unpaired) electrons. The molecule has 0 fully saturated rings. The van der Waals surface area contributed by atoms with E-state index in [1.807, 2.05) is 33.8 Å². The second-order valence-electron chi connectivity index (χ2n) is 4.25. The lowest BCUT2D eigenvalue weighted by atomic mass is 9.89. The Bertz CT molecular complexity index is 302. The topological polar surface area (TPSA) is 30.2 Å². The van der Waals surface area contributed by atoms with Gasteiger partial charge in [0.2, 0.25) is 5.78 Å². The Kier molecular flexibility index (Phi) is 2.60. The highest BCUT2D eigenvalue weighted by molar-refractivity contribution is 5.97. The van der Waals surface area contributed by atoms with Crippen molar-refractivity contribution in [3.63, 3.8) is 0 Å². The summed E-state index contributed by atoms with van der Waals surface area (Å²) in [6, 6.07) is 1.83. The summed E-state index contributed by atoms with van der Waals surface area (Å²) < 4.78 is 5.19. The third kappa shape index (κ3) is 2.20. The molecule has 1 aromatic rings. The van der Waals surface area contributed by atoms with Gasteiger partial charge in [-0.1, -0.05) is 27.7 Å². The maximum Gasteiger partial charge on any atom is 0.203 e. The molecule has 0 spiro atoms.